The number of carbonyl (C=O) groups excluding carboxylic acids is 1. The summed E-state index contributed by atoms with van der Waals surface area (Å²) in [4.78, 5) is 11.3. The number of para-hydroxylation sites is 1. The largest absolute Gasteiger partial charge is 0.466 e. The van der Waals surface area contributed by atoms with Crippen molar-refractivity contribution in [3.05, 3.63) is 60.2 Å². The molecule has 0 amide bonds. The number of aliphatic hydroxyl groups is 2. The van der Waals surface area contributed by atoms with Crippen molar-refractivity contribution in [3.63, 3.8) is 0 Å². The van der Waals surface area contributed by atoms with Crippen molar-refractivity contribution in [3.8, 4) is 0 Å². The topological polar surface area (TPSA) is 78.8 Å². The van der Waals surface area contributed by atoms with E-state index in [4.69, 9.17) is 4.74 Å². The molecule has 0 aliphatic carbocycles. The molecule has 0 bridgehead atoms. The average molecular weight is 315 g/mol. The van der Waals surface area contributed by atoms with E-state index in [1.165, 1.54) is 0 Å². The lowest BCUT2D eigenvalue weighted by molar-refractivity contribution is -0.147. The molecule has 0 aliphatic heterocycles. The highest BCUT2D eigenvalue weighted by Crippen LogP contribution is 2.23. The summed E-state index contributed by atoms with van der Waals surface area (Å²) in [5.74, 6) is -0.526. The van der Waals surface area contributed by atoms with Crippen LogP contribution in [0, 0.1) is 0 Å². The Balaban J connectivity index is 1.97. The van der Waals surface area contributed by atoms with E-state index in [9.17, 15) is 15.0 Å². The molecular formula is C18H21NO4. The first kappa shape index (κ1) is 17.0. The summed E-state index contributed by atoms with van der Waals surface area (Å²) < 4.78 is 4.76. The van der Waals surface area contributed by atoms with Crippen LogP contribution in [0.4, 0.5) is 11.4 Å². The van der Waals surface area contributed by atoms with Crippen LogP contribution >= 0.6 is 0 Å². The van der Waals surface area contributed by atoms with Gasteiger partial charge in [-0.05, 0) is 36.8 Å². The molecule has 2 unspecified atom stereocenters. The van der Waals surface area contributed by atoms with E-state index in [0.29, 0.717) is 5.56 Å². The van der Waals surface area contributed by atoms with E-state index in [0.717, 1.165) is 11.4 Å². The zero-order chi connectivity index (χ0) is 16.7. The van der Waals surface area contributed by atoms with E-state index in [2.05, 4.69) is 5.32 Å². The first-order chi connectivity index (χ1) is 11.1. The number of aliphatic hydroxyl groups excluding tert-OH is 2. The van der Waals surface area contributed by atoms with Crippen molar-refractivity contribution >= 4 is 17.3 Å². The van der Waals surface area contributed by atoms with E-state index < -0.39 is 18.2 Å². The Kier molecular flexibility index (Phi) is 6.14. The van der Waals surface area contributed by atoms with Crippen LogP contribution in [-0.4, -0.2) is 28.9 Å². The summed E-state index contributed by atoms with van der Waals surface area (Å²) in [6.45, 7) is 1.95. The van der Waals surface area contributed by atoms with Crippen LogP contribution in [0.2, 0.25) is 0 Å². The molecule has 5 nitrogen and oxygen atoms in total. The van der Waals surface area contributed by atoms with Crippen molar-refractivity contribution in [2.75, 3.05) is 11.9 Å². The van der Waals surface area contributed by atoms with Crippen molar-refractivity contribution in [1.29, 1.82) is 0 Å². The molecule has 5 heteroatoms. The van der Waals surface area contributed by atoms with Crippen molar-refractivity contribution in [2.24, 2.45) is 0 Å². The van der Waals surface area contributed by atoms with Gasteiger partial charge < -0.3 is 20.3 Å². The minimum Gasteiger partial charge on any atom is -0.466 e. The molecule has 0 radical (unpaired) electrons. The summed E-state index contributed by atoms with van der Waals surface area (Å²) in [5.41, 5.74) is 2.37. The fourth-order valence-electron chi connectivity index (χ4n) is 2.18. The Labute approximate surface area is 135 Å². The van der Waals surface area contributed by atoms with E-state index in [1.54, 1.807) is 19.1 Å². The number of anilines is 2. The summed E-state index contributed by atoms with van der Waals surface area (Å²) in [6, 6.07) is 16.8. The lowest BCUT2D eigenvalue weighted by Gasteiger charge is -2.18. The van der Waals surface area contributed by atoms with E-state index >= 15 is 0 Å². The smallest absolute Gasteiger partial charge is 0.308 e. The Morgan fingerprint density at radius 1 is 1.04 bits per heavy atom. The van der Waals surface area contributed by atoms with Crippen LogP contribution in [0.1, 0.15) is 25.0 Å². The van der Waals surface area contributed by atoms with Crippen LogP contribution < -0.4 is 5.32 Å². The molecule has 2 aromatic rings. The number of carbonyl (C=O) groups is 1. The van der Waals surface area contributed by atoms with Gasteiger partial charge in [-0.3, -0.25) is 4.79 Å². The Hall–Kier alpha value is -2.37. The Bertz CT molecular complexity index is 613. The van der Waals surface area contributed by atoms with Gasteiger partial charge in [0.15, 0.2) is 0 Å². The summed E-state index contributed by atoms with van der Waals surface area (Å²) >= 11 is 0. The second-order valence-corrected chi connectivity index (χ2v) is 5.13. The minimum absolute atomic E-state index is 0.237. The van der Waals surface area contributed by atoms with Gasteiger partial charge in [0.2, 0.25) is 0 Å². The van der Waals surface area contributed by atoms with Gasteiger partial charge in [0.1, 0.15) is 6.10 Å². The predicted octanol–water partition coefficient (Wildman–Crippen LogP) is 2.78. The van der Waals surface area contributed by atoms with E-state index in [-0.39, 0.29) is 13.0 Å². The maximum atomic E-state index is 11.3. The highest BCUT2D eigenvalue weighted by atomic mass is 16.5. The highest BCUT2D eigenvalue weighted by molar-refractivity contribution is 5.70. The van der Waals surface area contributed by atoms with Gasteiger partial charge in [0, 0.05) is 11.4 Å². The van der Waals surface area contributed by atoms with Gasteiger partial charge in [0.05, 0.1) is 19.1 Å². The van der Waals surface area contributed by atoms with Gasteiger partial charge in [0.25, 0.3) is 0 Å². The van der Waals surface area contributed by atoms with Crippen LogP contribution in [-0.2, 0) is 9.53 Å². The second kappa shape index (κ2) is 8.31. The Morgan fingerprint density at radius 3 is 2.26 bits per heavy atom. The average Bonchev–Trinajstić information content (AvgIpc) is 2.56. The molecule has 0 fully saturated rings. The quantitative estimate of drug-likeness (QED) is 0.685. The number of esters is 1. The fourth-order valence-corrected chi connectivity index (χ4v) is 2.18. The van der Waals surface area contributed by atoms with Crippen LogP contribution in [0.15, 0.2) is 54.6 Å². The normalized spacial score (nSPS) is 13.2. The third kappa shape index (κ3) is 5.09. The van der Waals surface area contributed by atoms with Crippen LogP contribution in [0.3, 0.4) is 0 Å². The minimum atomic E-state index is -1.19. The van der Waals surface area contributed by atoms with Gasteiger partial charge >= 0.3 is 5.97 Å². The second-order valence-electron chi connectivity index (χ2n) is 5.13. The summed E-state index contributed by atoms with van der Waals surface area (Å²) in [6.07, 6.45) is -2.56. The third-order valence-electron chi connectivity index (χ3n) is 3.36. The first-order valence-corrected chi connectivity index (χ1v) is 7.54. The molecule has 0 saturated heterocycles. The molecule has 2 atom stereocenters. The standard InChI is InChI=1S/C18H21NO4/c1-2-23-17(21)12-16(20)18(22)13-8-10-15(11-9-13)19-14-6-4-3-5-7-14/h3-11,16,18-20,22H,2,12H2,1H3. The lowest BCUT2D eigenvalue weighted by Crippen LogP contribution is -2.23. The lowest BCUT2D eigenvalue weighted by atomic mass is 10.0. The number of benzene rings is 2. The first-order valence-electron chi connectivity index (χ1n) is 7.54. The maximum Gasteiger partial charge on any atom is 0.308 e. The number of rotatable bonds is 7. The monoisotopic (exact) mass is 315 g/mol. The molecule has 122 valence electrons. The zero-order valence-electron chi connectivity index (χ0n) is 13.0. The van der Waals surface area contributed by atoms with E-state index in [1.807, 2.05) is 42.5 Å². The fraction of sp³-hybridized carbons (Fsp3) is 0.278. The van der Waals surface area contributed by atoms with Gasteiger partial charge in [-0.15, -0.1) is 0 Å². The molecule has 2 rings (SSSR count). The molecule has 3 N–H and O–H groups in total. The molecule has 2 aromatic carbocycles. The Morgan fingerprint density at radius 2 is 1.65 bits per heavy atom. The molecule has 0 aromatic heterocycles. The number of hydrogen-bond acceptors (Lipinski definition) is 5. The van der Waals surface area contributed by atoms with Gasteiger partial charge in [-0.2, -0.15) is 0 Å². The number of nitrogens with one attached hydrogen (secondary N) is 1. The maximum absolute atomic E-state index is 11.3. The van der Waals surface area contributed by atoms with Crippen LogP contribution in [0.25, 0.3) is 0 Å². The van der Waals surface area contributed by atoms with Crippen LogP contribution in [0.5, 0.6) is 0 Å². The van der Waals surface area contributed by atoms with Crippen molar-refractivity contribution < 1.29 is 19.7 Å². The molecule has 0 heterocycles. The zero-order valence-corrected chi connectivity index (χ0v) is 13.0. The summed E-state index contributed by atoms with van der Waals surface area (Å²) in [5, 5.41) is 23.2. The SMILES string of the molecule is CCOC(=O)CC(O)C(O)c1ccc(Nc2ccccc2)cc1. The molecule has 0 saturated carbocycles. The predicted molar refractivity (Wildman–Crippen MR) is 88.4 cm³/mol. The number of hydrogen-bond donors (Lipinski definition) is 3. The van der Waals surface area contributed by atoms with Gasteiger partial charge in [-0.1, -0.05) is 30.3 Å². The summed E-state index contributed by atoms with van der Waals surface area (Å²) in [7, 11) is 0. The molecule has 0 aliphatic rings. The molecule has 23 heavy (non-hydrogen) atoms. The van der Waals surface area contributed by atoms with Crippen molar-refractivity contribution in [2.45, 2.75) is 25.6 Å². The third-order valence-corrected chi connectivity index (χ3v) is 3.36. The number of ether oxygens (including phenoxy) is 1. The molecule has 0 spiro atoms. The molecular weight excluding hydrogens is 294 g/mol. The van der Waals surface area contributed by atoms with Gasteiger partial charge in [-0.25, -0.2) is 0 Å². The highest BCUT2D eigenvalue weighted by Gasteiger charge is 2.22. The van der Waals surface area contributed by atoms with Crippen molar-refractivity contribution in [1.82, 2.24) is 0 Å².